The molecule has 0 radical (unpaired) electrons. The molecular formula is C22H25NO7. The van der Waals surface area contributed by atoms with Crippen LogP contribution in [-0.4, -0.2) is 47.9 Å². The minimum atomic E-state index is -0.993. The third-order valence-electron chi connectivity index (χ3n) is 5.07. The van der Waals surface area contributed by atoms with Crippen molar-refractivity contribution in [2.24, 2.45) is 0 Å². The van der Waals surface area contributed by atoms with Gasteiger partial charge < -0.3 is 24.6 Å². The van der Waals surface area contributed by atoms with E-state index in [1.54, 1.807) is 38.1 Å². The number of rotatable bonds is 2. The second kappa shape index (κ2) is 9.02. The van der Waals surface area contributed by atoms with Gasteiger partial charge in [-0.2, -0.15) is 0 Å². The Morgan fingerprint density at radius 3 is 2.67 bits per heavy atom. The Morgan fingerprint density at radius 2 is 1.93 bits per heavy atom. The van der Waals surface area contributed by atoms with Crippen LogP contribution in [0.5, 0.6) is 5.75 Å². The number of carbonyl (C=O) groups excluding carboxylic acids is 3. The van der Waals surface area contributed by atoms with Crippen LogP contribution in [0.2, 0.25) is 0 Å². The zero-order valence-electron chi connectivity index (χ0n) is 17.1. The molecule has 0 bridgehead atoms. The second-order valence-corrected chi connectivity index (χ2v) is 7.24. The lowest BCUT2D eigenvalue weighted by atomic mass is 10.00. The van der Waals surface area contributed by atoms with Crippen molar-refractivity contribution in [3.63, 3.8) is 0 Å². The van der Waals surface area contributed by atoms with Gasteiger partial charge in [0.05, 0.1) is 0 Å². The molecule has 30 heavy (non-hydrogen) atoms. The van der Waals surface area contributed by atoms with Crippen LogP contribution in [0.4, 0.5) is 10.5 Å². The number of ether oxygens (including phenoxy) is 3. The summed E-state index contributed by atoms with van der Waals surface area (Å²) in [4.78, 5) is 36.9. The molecule has 2 aliphatic heterocycles. The van der Waals surface area contributed by atoms with Gasteiger partial charge in [0, 0.05) is 31.1 Å². The van der Waals surface area contributed by atoms with Crippen molar-refractivity contribution in [2.45, 2.75) is 51.9 Å². The minimum Gasteiger partial charge on any atom is -0.507 e. The zero-order valence-corrected chi connectivity index (χ0v) is 17.1. The first-order chi connectivity index (χ1) is 14.3. The predicted octanol–water partition coefficient (Wildman–Crippen LogP) is 3.60. The van der Waals surface area contributed by atoms with Crippen molar-refractivity contribution in [2.75, 3.05) is 11.9 Å². The summed E-state index contributed by atoms with van der Waals surface area (Å²) in [7, 11) is 0. The van der Waals surface area contributed by atoms with Gasteiger partial charge in [-0.25, -0.2) is 9.59 Å². The highest BCUT2D eigenvalue weighted by Gasteiger charge is 2.40. The Labute approximate surface area is 174 Å². The summed E-state index contributed by atoms with van der Waals surface area (Å²) in [5.74, 6) is -1.17. The van der Waals surface area contributed by atoms with E-state index in [2.05, 4.69) is 5.32 Å². The summed E-state index contributed by atoms with van der Waals surface area (Å²) in [5, 5.41) is 13.6. The highest BCUT2D eigenvalue weighted by Crippen LogP contribution is 2.30. The molecule has 0 saturated carbocycles. The maximum Gasteiger partial charge on any atom is 0.509 e. The fourth-order valence-electron chi connectivity index (χ4n) is 3.33. The number of nitrogens with one attached hydrogen (secondary N) is 1. The van der Waals surface area contributed by atoms with E-state index in [0.29, 0.717) is 23.4 Å². The number of esters is 1. The maximum atomic E-state index is 12.8. The first kappa shape index (κ1) is 21.4. The van der Waals surface area contributed by atoms with Crippen molar-refractivity contribution >= 4 is 29.7 Å². The van der Waals surface area contributed by atoms with E-state index in [9.17, 15) is 19.5 Å². The molecule has 160 valence electrons. The highest BCUT2D eigenvalue weighted by molar-refractivity contribution is 5.97. The number of allylic oxidation sites excluding steroid dienone is 1. The molecule has 1 saturated heterocycles. The fraction of sp³-hybridized carbons (Fsp3) is 0.409. The lowest BCUT2D eigenvalue weighted by Crippen LogP contribution is -2.30. The Kier molecular flexibility index (Phi) is 6.44. The van der Waals surface area contributed by atoms with E-state index < -0.39 is 30.4 Å². The molecule has 2 aliphatic rings. The summed E-state index contributed by atoms with van der Waals surface area (Å²) >= 11 is 0. The normalized spacial score (nSPS) is 24.6. The van der Waals surface area contributed by atoms with Gasteiger partial charge in [0.2, 0.25) is 6.10 Å². The van der Waals surface area contributed by atoms with Gasteiger partial charge in [-0.3, -0.25) is 4.79 Å². The van der Waals surface area contributed by atoms with Crippen LogP contribution < -0.4 is 5.32 Å². The van der Waals surface area contributed by atoms with E-state index in [1.807, 2.05) is 6.92 Å². The molecule has 0 aromatic heterocycles. The first-order valence-corrected chi connectivity index (χ1v) is 9.85. The quantitative estimate of drug-likeness (QED) is 0.557. The number of phenolic OH excluding ortho intramolecular Hbond substituents is 1. The van der Waals surface area contributed by atoms with Crippen molar-refractivity contribution in [1.29, 1.82) is 0 Å². The molecule has 0 amide bonds. The van der Waals surface area contributed by atoms with E-state index in [0.717, 1.165) is 0 Å². The lowest BCUT2D eigenvalue weighted by Gasteiger charge is -2.18. The molecule has 2 heterocycles. The van der Waals surface area contributed by atoms with Gasteiger partial charge >= 0.3 is 12.1 Å². The molecule has 3 rings (SSSR count). The molecule has 2 N–H and O–H groups in total. The number of cyclic esters (lactones) is 1. The number of fused-ring (bicyclic) bond motifs is 2. The van der Waals surface area contributed by atoms with Crippen LogP contribution in [0.15, 0.2) is 29.9 Å². The van der Waals surface area contributed by atoms with Crippen molar-refractivity contribution in [3.05, 3.63) is 41.0 Å². The van der Waals surface area contributed by atoms with Crippen molar-refractivity contribution < 1.29 is 33.7 Å². The van der Waals surface area contributed by atoms with Crippen LogP contribution in [0, 0.1) is 0 Å². The SMILES string of the molecule is CCNc1cc(O)c2c(c1)C=CC[C@@H]1OC(=O)O[C@@H]1C(=O)CC=C(C)[C@H](C)OC2=O. The van der Waals surface area contributed by atoms with Crippen LogP contribution >= 0.6 is 0 Å². The number of phenols is 1. The summed E-state index contributed by atoms with van der Waals surface area (Å²) in [6, 6.07) is 3.19. The molecule has 8 nitrogen and oxygen atoms in total. The third kappa shape index (κ3) is 4.64. The minimum absolute atomic E-state index is 0.0170. The van der Waals surface area contributed by atoms with Crippen LogP contribution in [0.3, 0.4) is 0 Å². The van der Waals surface area contributed by atoms with Crippen molar-refractivity contribution in [3.8, 4) is 5.75 Å². The van der Waals surface area contributed by atoms with Gasteiger partial charge in [0.25, 0.3) is 0 Å². The zero-order chi connectivity index (χ0) is 21.8. The Balaban J connectivity index is 2.03. The number of ketones is 1. The lowest BCUT2D eigenvalue weighted by molar-refractivity contribution is -0.126. The van der Waals surface area contributed by atoms with E-state index in [4.69, 9.17) is 14.2 Å². The number of hydrogen-bond acceptors (Lipinski definition) is 8. The van der Waals surface area contributed by atoms with E-state index >= 15 is 0 Å². The fourth-order valence-corrected chi connectivity index (χ4v) is 3.33. The summed E-state index contributed by atoms with van der Waals surface area (Å²) in [6.07, 6.45) is 1.93. The summed E-state index contributed by atoms with van der Waals surface area (Å²) < 4.78 is 15.7. The largest absolute Gasteiger partial charge is 0.509 e. The van der Waals surface area contributed by atoms with E-state index in [-0.39, 0.29) is 29.9 Å². The van der Waals surface area contributed by atoms with Gasteiger partial charge in [-0.05, 0) is 38.0 Å². The smallest absolute Gasteiger partial charge is 0.507 e. The molecule has 3 atom stereocenters. The number of hydrogen-bond donors (Lipinski definition) is 2. The monoisotopic (exact) mass is 415 g/mol. The van der Waals surface area contributed by atoms with Crippen LogP contribution in [-0.2, 0) is 19.0 Å². The first-order valence-electron chi connectivity index (χ1n) is 9.85. The maximum absolute atomic E-state index is 12.8. The Bertz CT molecular complexity index is 918. The van der Waals surface area contributed by atoms with Gasteiger partial charge in [-0.1, -0.05) is 18.2 Å². The molecule has 0 unspecified atom stereocenters. The molecule has 1 aromatic rings. The number of anilines is 1. The predicted molar refractivity (Wildman–Crippen MR) is 109 cm³/mol. The van der Waals surface area contributed by atoms with Crippen LogP contribution in [0.1, 0.15) is 49.5 Å². The molecule has 1 aromatic carbocycles. The molecular weight excluding hydrogens is 390 g/mol. The highest BCUT2D eigenvalue weighted by atomic mass is 16.8. The topological polar surface area (TPSA) is 111 Å². The number of benzene rings is 1. The summed E-state index contributed by atoms with van der Waals surface area (Å²) in [5.41, 5.74) is 1.78. The van der Waals surface area contributed by atoms with Gasteiger partial charge in [-0.15, -0.1) is 0 Å². The Morgan fingerprint density at radius 1 is 1.17 bits per heavy atom. The molecule has 0 spiro atoms. The third-order valence-corrected chi connectivity index (χ3v) is 5.07. The number of Topliss-reactive ketones (excluding diaryl/α,β-unsaturated/α-hetero) is 1. The van der Waals surface area contributed by atoms with Crippen LogP contribution in [0.25, 0.3) is 6.08 Å². The van der Waals surface area contributed by atoms with Gasteiger partial charge in [0.15, 0.2) is 11.9 Å². The van der Waals surface area contributed by atoms with Gasteiger partial charge in [0.1, 0.15) is 17.4 Å². The standard InChI is InChI=1S/C22H25NO7/c1-4-23-15-10-14-6-5-7-18-20(30-22(27)29-18)16(24)9-8-12(2)13(3)28-21(26)19(14)17(25)11-15/h5-6,8,10-11,13,18,20,23,25H,4,7,9H2,1-3H3/t13-,18-,20+/m0/s1. The van der Waals surface area contributed by atoms with Crippen molar-refractivity contribution in [1.82, 2.24) is 0 Å². The number of aromatic hydroxyl groups is 1. The molecule has 0 aliphatic carbocycles. The van der Waals surface area contributed by atoms with E-state index in [1.165, 1.54) is 6.07 Å². The number of carbonyl (C=O) groups is 3. The average Bonchev–Trinajstić information content (AvgIpc) is 3.05. The Hall–Kier alpha value is -3.29. The second-order valence-electron chi connectivity index (χ2n) is 7.24. The molecule has 1 fully saturated rings. The average molecular weight is 415 g/mol. The summed E-state index contributed by atoms with van der Waals surface area (Å²) in [6.45, 7) is 5.96. The molecule has 8 heteroatoms.